The van der Waals surface area contributed by atoms with E-state index < -0.39 is 0 Å². The molecule has 0 aliphatic rings. The monoisotopic (exact) mass is 158 g/mol. The van der Waals surface area contributed by atoms with Crippen LogP contribution < -0.4 is 0 Å². The molecule has 0 aliphatic heterocycles. The van der Waals surface area contributed by atoms with E-state index in [4.69, 9.17) is 0 Å². The minimum atomic E-state index is 0.988. The highest BCUT2D eigenvalue weighted by Gasteiger charge is 1.90. The van der Waals surface area contributed by atoms with Crippen molar-refractivity contribution in [3.8, 4) is 0 Å². The van der Waals surface area contributed by atoms with Crippen LogP contribution in [0.1, 0.15) is 19.5 Å². The van der Waals surface area contributed by atoms with E-state index in [0.29, 0.717) is 0 Å². The molecular formula is C7H14N2S. The van der Waals surface area contributed by atoms with Crippen LogP contribution in [0.2, 0.25) is 0 Å². The largest absolute Gasteiger partial charge is 0.337 e. The van der Waals surface area contributed by atoms with Crippen LogP contribution in [0.4, 0.5) is 0 Å². The summed E-state index contributed by atoms with van der Waals surface area (Å²) < 4.78 is 0. The van der Waals surface area contributed by atoms with Crippen molar-refractivity contribution in [2.24, 2.45) is 0 Å². The quantitative estimate of drug-likeness (QED) is 0.636. The number of aromatic nitrogens is 2. The molecule has 58 valence electrons. The summed E-state index contributed by atoms with van der Waals surface area (Å²) in [4.78, 5) is 7.12. The van der Waals surface area contributed by atoms with E-state index in [1.165, 1.54) is 0 Å². The van der Waals surface area contributed by atoms with Crippen molar-refractivity contribution in [2.75, 3.05) is 6.26 Å². The molecule has 0 atom stereocenters. The van der Waals surface area contributed by atoms with Gasteiger partial charge in [-0.25, -0.2) is 4.98 Å². The van der Waals surface area contributed by atoms with Crippen LogP contribution in [0.15, 0.2) is 11.4 Å². The highest BCUT2D eigenvalue weighted by atomic mass is 32.2. The van der Waals surface area contributed by atoms with Gasteiger partial charge in [0.1, 0.15) is 0 Å². The van der Waals surface area contributed by atoms with Gasteiger partial charge in [-0.3, -0.25) is 0 Å². The molecule has 0 aliphatic carbocycles. The summed E-state index contributed by atoms with van der Waals surface area (Å²) in [5, 5.41) is 0.988. The van der Waals surface area contributed by atoms with Crippen molar-refractivity contribution >= 4 is 11.8 Å². The SMILES string of the molecule is CC.CSc1ncc(C)[nH]1. The third-order valence-electron chi connectivity index (χ3n) is 0.873. The Bertz CT molecular complexity index is 172. The van der Waals surface area contributed by atoms with Gasteiger partial charge >= 0.3 is 0 Å². The average Bonchev–Trinajstić information content (AvgIpc) is 2.40. The Labute approximate surface area is 66.4 Å². The smallest absolute Gasteiger partial charge is 0.165 e. The zero-order valence-corrected chi connectivity index (χ0v) is 7.75. The van der Waals surface area contributed by atoms with Gasteiger partial charge in [0.25, 0.3) is 0 Å². The third kappa shape index (κ3) is 2.92. The molecule has 0 radical (unpaired) electrons. The number of nitrogens with zero attached hydrogens (tertiary/aromatic N) is 1. The van der Waals surface area contributed by atoms with Gasteiger partial charge in [0.05, 0.1) is 0 Å². The summed E-state index contributed by atoms with van der Waals surface area (Å²) in [7, 11) is 0. The predicted molar refractivity (Wildman–Crippen MR) is 46.5 cm³/mol. The molecule has 0 spiro atoms. The average molecular weight is 158 g/mol. The standard InChI is InChI=1S/C5H8N2S.C2H6/c1-4-3-6-5(7-4)8-2;1-2/h3H,1-2H3,(H,6,7);1-2H3. The Kier molecular flexibility index (Phi) is 5.12. The van der Waals surface area contributed by atoms with Crippen LogP contribution >= 0.6 is 11.8 Å². The summed E-state index contributed by atoms with van der Waals surface area (Å²) in [6, 6.07) is 0. The molecule has 2 nitrogen and oxygen atoms in total. The van der Waals surface area contributed by atoms with Crippen LogP contribution in [0.5, 0.6) is 0 Å². The lowest BCUT2D eigenvalue weighted by Gasteiger charge is -1.81. The molecule has 1 aromatic rings. The van der Waals surface area contributed by atoms with E-state index in [-0.39, 0.29) is 0 Å². The van der Waals surface area contributed by atoms with Crippen LogP contribution in [-0.4, -0.2) is 16.2 Å². The van der Waals surface area contributed by atoms with Gasteiger partial charge in [-0.15, -0.1) is 0 Å². The normalized spacial score (nSPS) is 8.40. The zero-order chi connectivity index (χ0) is 7.98. The second-order valence-corrected chi connectivity index (χ2v) is 2.37. The minimum absolute atomic E-state index is 0.988. The molecule has 1 rings (SSSR count). The molecule has 0 aromatic carbocycles. The molecule has 1 aromatic heterocycles. The van der Waals surface area contributed by atoms with Gasteiger partial charge in [-0.2, -0.15) is 0 Å². The molecule has 0 bridgehead atoms. The van der Waals surface area contributed by atoms with Gasteiger partial charge < -0.3 is 4.98 Å². The third-order valence-corrected chi connectivity index (χ3v) is 1.47. The van der Waals surface area contributed by atoms with E-state index in [0.717, 1.165) is 10.9 Å². The summed E-state index contributed by atoms with van der Waals surface area (Å²) in [6.45, 7) is 5.99. The molecule has 0 fully saturated rings. The summed E-state index contributed by atoms with van der Waals surface area (Å²) in [5.74, 6) is 0. The lowest BCUT2D eigenvalue weighted by atomic mass is 10.6. The van der Waals surface area contributed by atoms with E-state index in [2.05, 4.69) is 9.97 Å². The first-order valence-corrected chi connectivity index (χ1v) is 4.61. The van der Waals surface area contributed by atoms with Crippen LogP contribution in [0.25, 0.3) is 0 Å². The number of hydrogen-bond acceptors (Lipinski definition) is 2. The maximum absolute atomic E-state index is 4.04. The van der Waals surface area contributed by atoms with Gasteiger partial charge in [0.15, 0.2) is 5.16 Å². The van der Waals surface area contributed by atoms with Crippen LogP contribution in [0, 0.1) is 6.92 Å². The maximum Gasteiger partial charge on any atom is 0.165 e. The molecule has 3 heteroatoms. The molecule has 1 N–H and O–H groups in total. The van der Waals surface area contributed by atoms with Gasteiger partial charge in [0.2, 0.25) is 0 Å². The number of hydrogen-bond donors (Lipinski definition) is 1. The highest BCUT2D eigenvalue weighted by Crippen LogP contribution is 2.07. The predicted octanol–water partition coefficient (Wildman–Crippen LogP) is 2.47. The van der Waals surface area contributed by atoms with Crippen molar-refractivity contribution in [3.63, 3.8) is 0 Å². The first-order chi connectivity index (χ1) is 4.83. The van der Waals surface area contributed by atoms with Crippen LogP contribution in [0.3, 0.4) is 0 Å². The maximum atomic E-state index is 4.04. The van der Waals surface area contributed by atoms with Gasteiger partial charge in [0, 0.05) is 11.9 Å². The van der Waals surface area contributed by atoms with E-state index >= 15 is 0 Å². The Morgan fingerprint density at radius 2 is 2.10 bits per heavy atom. The molecular weight excluding hydrogens is 144 g/mol. The molecule has 0 saturated heterocycles. The van der Waals surface area contributed by atoms with E-state index in [1.54, 1.807) is 11.8 Å². The lowest BCUT2D eigenvalue weighted by Crippen LogP contribution is -1.69. The van der Waals surface area contributed by atoms with Crippen molar-refractivity contribution in [2.45, 2.75) is 25.9 Å². The first-order valence-electron chi connectivity index (χ1n) is 3.38. The molecule has 0 saturated carbocycles. The number of imidazole rings is 1. The zero-order valence-electron chi connectivity index (χ0n) is 6.93. The molecule has 1 heterocycles. The lowest BCUT2D eigenvalue weighted by molar-refractivity contribution is 1.05. The van der Waals surface area contributed by atoms with Crippen molar-refractivity contribution < 1.29 is 0 Å². The number of H-pyrrole nitrogens is 1. The number of aryl methyl sites for hydroxylation is 1. The van der Waals surface area contributed by atoms with Crippen LogP contribution in [-0.2, 0) is 0 Å². The molecule has 0 amide bonds. The topological polar surface area (TPSA) is 28.7 Å². The van der Waals surface area contributed by atoms with Crippen molar-refractivity contribution in [1.82, 2.24) is 9.97 Å². The van der Waals surface area contributed by atoms with Gasteiger partial charge in [-0.05, 0) is 13.2 Å². The highest BCUT2D eigenvalue weighted by molar-refractivity contribution is 7.98. The number of nitrogens with one attached hydrogen (secondary N) is 1. The molecule has 10 heavy (non-hydrogen) atoms. The molecule has 0 unspecified atom stereocenters. The van der Waals surface area contributed by atoms with Crippen molar-refractivity contribution in [3.05, 3.63) is 11.9 Å². The second kappa shape index (κ2) is 5.35. The fourth-order valence-electron chi connectivity index (χ4n) is 0.492. The summed E-state index contributed by atoms with van der Waals surface area (Å²) in [6.07, 6.45) is 3.82. The van der Waals surface area contributed by atoms with Gasteiger partial charge in [-0.1, -0.05) is 25.6 Å². The van der Waals surface area contributed by atoms with Crippen molar-refractivity contribution in [1.29, 1.82) is 0 Å². The number of thioether (sulfide) groups is 1. The number of rotatable bonds is 1. The van der Waals surface area contributed by atoms with E-state index in [1.807, 2.05) is 33.2 Å². The second-order valence-electron chi connectivity index (χ2n) is 1.58. The Hall–Kier alpha value is -0.440. The fraction of sp³-hybridized carbons (Fsp3) is 0.571. The Balaban J connectivity index is 0.000000371. The Morgan fingerprint density at radius 3 is 2.30 bits per heavy atom. The summed E-state index contributed by atoms with van der Waals surface area (Å²) in [5.41, 5.74) is 1.12. The summed E-state index contributed by atoms with van der Waals surface area (Å²) >= 11 is 1.62. The van der Waals surface area contributed by atoms with E-state index in [9.17, 15) is 0 Å². The Morgan fingerprint density at radius 1 is 1.50 bits per heavy atom. The number of aromatic amines is 1. The fourth-order valence-corrected chi connectivity index (χ4v) is 0.914. The minimum Gasteiger partial charge on any atom is -0.337 e. The first kappa shape index (κ1) is 9.56.